The highest BCUT2D eigenvalue weighted by molar-refractivity contribution is 6.11. The molecule has 35 nitrogen and oxygen atoms in total. The molecule has 10 aromatic heterocycles. The van der Waals surface area contributed by atoms with Gasteiger partial charge in [0.15, 0.2) is 0 Å². The van der Waals surface area contributed by atoms with Gasteiger partial charge < -0.3 is 64.6 Å². The summed E-state index contributed by atoms with van der Waals surface area (Å²) in [5, 5.41) is 18.4. The Morgan fingerprint density at radius 3 is 1.02 bits per heavy atom. The second-order valence-corrected chi connectivity index (χ2v) is 27.9. The number of alkyl halides is 1. The van der Waals surface area contributed by atoms with E-state index in [1.54, 1.807) is 92.8 Å². The van der Waals surface area contributed by atoms with Crippen molar-refractivity contribution < 1.29 is 61.5 Å². The number of aromatic nitrogens is 15. The van der Waals surface area contributed by atoms with Gasteiger partial charge in [-0.05, 0) is 87.7 Å². The molecule has 15 aromatic rings. The number of rotatable bonds is 26. The van der Waals surface area contributed by atoms with E-state index in [4.69, 9.17) is 33.2 Å². The van der Waals surface area contributed by atoms with Gasteiger partial charge in [-0.2, -0.15) is 0 Å². The lowest BCUT2D eigenvalue weighted by atomic mass is 10.1. The maximum absolute atomic E-state index is 12.6. The van der Waals surface area contributed by atoms with E-state index in [1.807, 2.05) is 105 Å². The summed E-state index contributed by atoms with van der Waals surface area (Å²) in [5.41, 5.74) is 7.81. The van der Waals surface area contributed by atoms with Crippen LogP contribution in [0.4, 0.5) is 32.8 Å². The number of hydrogen-bond donors (Lipinski definition) is 5. The summed E-state index contributed by atoms with van der Waals surface area (Å²) in [7, 11) is 5.55. The van der Waals surface area contributed by atoms with Gasteiger partial charge in [0.1, 0.15) is 84.6 Å². The molecule has 5 amide bonds. The normalized spacial score (nSPS) is 12.4. The summed E-state index contributed by atoms with van der Waals surface area (Å²) < 4.78 is 51.3. The van der Waals surface area contributed by atoms with Gasteiger partial charge in [-0.1, -0.05) is 30.3 Å². The third-order valence-corrected chi connectivity index (χ3v) is 18.8. The van der Waals surface area contributed by atoms with Crippen LogP contribution in [0.5, 0.6) is 28.7 Å². The first-order valence-corrected chi connectivity index (χ1v) is 39.9. The predicted molar refractivity (Wildman–Crippen MR) is 471 cm³/mol. The van der Waals surface area contributed by atoms with Gasteiger partial charge in [-0.25, -0.2) is 34.3 Å². The largest absolute Gasteiger partial charge is 0.497 e. The summed E-state index contributed by atoms with van der Waals surface area (Å²) in [6.07, 6.45) is 27.6. The highest BCUT2D eigenvalue weighted by atomic mass is 19.1. The summed E-state index contributed by atoms with van der Waals surface area (Å²) >= 11 is 0. The summed E-state index contributed by atoms with van der Waals surface area (Å²) in [4.78, 5) is 130. The molecule has 2 saturated heterocycles. The Morgan fingerprint density at radius 2 is 0.690 bits per heavy atom. The van der Waals surface area contributed by atoms with Crippen molar-refractivity contribution in [3.8, 4) is 28.7 Å². The molecule has 0 bridgehead atoms. The lowest BCUT2D eigenvalue weighted by Gasteiger charge is -2.26. The average Bonchev–Trinajstić information content (AvgIpc) is 0.823. The number of methoxy groups -OCH3 is 1. The lowest BCUT2D eigenvalue weighted by molar-refractivity contribution is 0.0322. The topological polar surface area (TPSA) is 413 Å². The highest BCUT2D eigenvalue weighted by Crippen LogP contribution is 2.34. The molecule has 2 aliphatic heterocycles. The quantitative estimate of drug-likeness (QED) is 0.0336. The number of aryl methyl sites for hydroxylation is 1. The van der Waals surface area contributed by atoms with E-state index in [-0.39, 0.29) is 52.9 Å². The number of carbonyl (C=O) groups is 5. The van der Waals surface area contributed by atoms with Crippen molar-refractivity contribution >= 4 is 112 Å². The van der Waals surface area contributed by atoms with Crippen LogP contribution in [-0.4, -0.2) is 246 Å². The van der Waals surface area contributed by atoms with Gasteiger partial charge in [0.25, 0.3) is 29.5 Å². The Labute approximate surface area is 722 Å². The predicted octanol–water partition coefficient (Wildman–Crippen LogP) is 11.4. The minimum absolute atomic E-state index is 0.0523. The smallest absolute Gasteiger partial charge is 0.293 e. The number of fused-ring (bicyclic) bond motifs is 5. The molecule has 0 saturated carbocycles. The average molecular weight is 1700 g/mol. The molecule has 2 fully saturated rings. The molecular formula is C90H88FN23O12. The van der Waals surface area contributed by atoms with Crippen molar-refractivity contribution in [2.24, 2.45) is 0 Å². The van der Waals surface area contributed by atoms with Gasteiger partial charge in [0, 0.05) is 190 Å². The molecule has 36 heteroatoms. The molecule has 17 rings (SSSR count). The second kappa shape index (κ2) is 45.5. The minimum Gasteiger partial charge on any atom is -0.497 e. The van der Waals surface area contributed by atoms with E-state index in [0.29, 0.717) is 105 Å². The van der Waals surface area contributed by atoms with Gasteiger partial charge in [-0.15, -0.1) is 0 Å². The number of nitrogens with one attached hydrogen (secondary N) is 5. The number of pyridine rings is 5. The molecule has 5 aromatic carbocycles. The Bertz CT molecular complexity index is 6140. The first-order chi connectivity index (χ1) is 61.7. The van der Waals surface area contributed by atoms with E-state index in [0.717, 1.165) is 105 Å². The van der Waals surface area contributed by atoms with Gasteiger partial charge >= 0.3 is 0 Å². The number of anilines is 5. The highest BCUT2D eigenvalue weighted by Gasteiger charge is 2.21. The number of benzene rings is 5. The van der Waals surface area contributed by atoms with Crippen molar-refractivity contribution in [3.63, 3.8) is 0 Å². The monoisotopic (exact) mass is 1700 g/mol. The molecule has 2 aliphatic rings. The first kappa shape index (κ1) is 88.4. The first-order valence-electron chi connectivity index (χ1n) is 39.9. The van der Waals surface area contributed by atoms with E-state index in [9.17, 15) is 28.4 Å². The van der Waals surface area contributed by atoms with E-state index < -0.39 is 18.5 Å². The fourth-order valence-corrected chi connectivity index (χ4v) is 12.6. The fraction of sp³-hybridized carbons (Fsp3) is 0.222. The zero-order valence-corrected chi connectivity index (χ0v) is 69.2. The molecule has 642 valence electrons. The van der Waals surface area contributed by atoms with Crippen molar-refractivity contribution in [3.05, 3.63) is 273 Å². The van der Waals surface area contributed by atoms with Crippen LogP contribution in [0.3, 0.4) is 0 Å². The molecule has 0 radical (unpaired) electrons. The Hall–Kier alpha value is -15.4. The Morgan fingerprint density at radius 1 is 0.365 bits per heavy atom. The molecule has 5 N–H and O–H groups in total. The minimum atomic E-state index is -0.591. The fourth-order valence-electron chi connectivity index (χ4n) is 12.6. The second-order valence-electron chi connectivity index (χ2n) is 27.9. The van der Waals surface area contributed by atoms with E-state index in [1.165, 1.54) is 74.4 Å². The van der Waals surface area contributed by atoms with Crippen LogP contribution in [-0.2, 0) is 9.47 Å². The third-order valence-electron chi connectivity index (χ3n) is 18.8. The summed E-state index contributed by atoms with van der Waals surface area (Å²) in [6.45, 7) is 12.0. The molecule has 0 aliphatic carbocycles. The molecular weight excluding hydrogens is 1610 g/mol. The summed E-state index contributed by atoms with van der Waals surface area (Å²) in [6, 6.07) is 38.4. The van der Waals surface area contributed by atoms with Crippen LogP contribution in [0.15, 0.2) is 239 Å². The van der Waals surface area contributed by atoms with Gasteiger partial charge in [0.05, 0.1) is 120 Å². The van der Waals surface area contributed by atoms with Crippen molar-refractivity contribution in [2.75, 3.05) is 153 Å². The van der Waals surface area contributed by atoms with Crippen LogP contribution in [0.2, 0.25) is 0 Å². The number of amides is 5. The number of hydrogen-bond acceptors (Lipinski definition) is 30. The lowest BCUT2D eigenvalue weighted by Crippen LogP contribution is -2.38. The molecule has 126 heavy (non-hydrogen) atoms. The number of morpholine rings is 2. The molecule has 12 heterocycles. The Kier molecular flexibility index (Phi) is 31.9. The molecule has 0 atom stereocenters. The van der Waals surface area contributed by atoms with Gasteiger partial charge in [-0.3, -0.25) is 78.6 Å². The maximum atomic E-state index is 12.6. The van der Waals surface area contributed by atoms with Crippen LogP contribution in [0, 0.1) is 6.92 Å². The number of halogens is 1. The van der Waals surface area contributed by atoms with Crippen LogP contribution < -0.4 is 50.3 Å². The zero-order chi connectivity index (χ0) is 87.6. The van der Waals surface area contributed by atoms with Crippen molar-refractivity contribution in [2.45, 2.75) is 6.92 Å². The van der Waals surface area contributed by atoms with Crippen LogP contribution in [0.25, 0.3) is 54.5 Å². The molecule has 0 unspecified atom stereocenters. The van der Waals surface area contributed by atoms with Gasteiger partial charge in [0.2, 0.25) is 5.82 Å². The maximum Gasteiger partial charge on any atom is 0.293 e. The Balaban J connectivity index is 0.000000136. The van der Waals surface area contributed by atoms with E-state index in [2.05, 4.69) is 111 Å². The number of nitrogens with zero attached hydrogens (tertiary/aromatic N) is 18. The standard InChI is InChI=1S/C21H23N5O3.C20H21N5O3.C18H19N5O2.C16H13FN4O2.C15H12N4O2/c1-15-13-24-19(14-23-15)21(27)25-18-12-17(11-16-3-2-4-22-20(16)18)29-10-7-26-5-8-28-9-6-26;26-20(18-14-21-4-5-22-18)24-17-13-16(12-15-2-1-3-23-19(15)17)28-11-8-25-6-9-27-10-7-25;1-23(2)8-9-25-14-10-13-4-3-5-21-17(13)15(11-14)22-18(24)16-12-19-6-7-20-16;17-3-7-23-12-8-11-2-1-4-20-15(11)13(9-12)21-16(22)14-10-18-5-6-19-14;1-21-11-8-10-4-2-5-16-13(10)12(9-11)19-15(20)14-17-6-3-7-18-14/h2-4,11-14H,5-10H2,1H3,(H,25,27);1-5,12-14H,6-11H2,(H,24,26);3-7,10-12H,8-9H2,1-2H3,(H,22,24);1-2,4-6,8-10H,3,7H2,(H,21,22);2-9H,1H3,(H,19,20). The number of ether oxygens (including phenoxy) is 7. The third kappa shape index (κ3) is 25.6. The summed E-state index contributed by atoms with van der Waals surface area (Å²) in [5.74, 6) is 1.42. The zero-order valence-electron chi connectivity index (χ0n) is 69.2. The van der Waals surface area contributed by atoms with E-state index >= 15 is 0 Å². The SMILES string of the molecule is CN(C)CCOc1cc(NC(=O)c2cnccn2)c2ncccc2c1.COc1cc(NC(=O)c2ncccn2)c2ncccc2c1.Cc1cnc(C(=O)Nc2cc(OCCN3CCOCC3)cc3cccnc23)cn1.O=C(Nc1cc(OCCF)cc2cccnc12)c1cnccn1.O=C(Nc1cc(OCCN2CCOCC2)cc2cccnc12)c1cnccn1. The van der Waals surface area contributed by atoms with Crippen LogP contribution >= 0.6 is 0 Å². The number of likely N-dealkylation sites (N-methyl/N-ethyl adjacent to an activating group) is 1. The number of carbonyl (C=O) groups excluding carboxylic acids is 5. The van der Waals surface area contributed by atoms with Crippen molar-refractivity contribution in [1.29, 1.82) is 0 Å². The van der Waals surface area contributed by atoms with Crippen molar-refractivity contribution in [1.82, 2.24) is 89.5 Å². The van der Waals surface area contributed by atoms with Crippen LogP contribution in [0.1, 0.15) is 58.3 Å². The molecule has 0 spiro atoms.